The van der Waals surface area contributed by atoms with Gasteiger partial charge in [-0.15, -0.1) is 0 Å². The summed E-state index contributed by atoms with van der Waals surface area (Å²) in [5, 5.41) is 0. The van der Waals surface area contributed by atoms with E-state index in [9.17, 15) is 0 Å². The highest BCUT2D eigenvalue weighted by atomic mass is 16.5. The predicted octanol–water partition coefficient (Wildman–Crippen LogP) is 7.96. The molecule has 0 spiro atoms. The summed E-state index contributed by atoms with van der Waals surface area (Å²) in [5.41, 5.74) is 0.746. The van der Waals surface area contributed by atoms with Crippen LogP contribution in [0.2, 0.25) is 0 Å². The zero-order valence-corrected chi connectivity index (χ0v) is 16.6. The van der Waals surface area contributed by atoms with Crippen LogP contribution in [-0.4, -0.2) is 13.7 Å². The van der Waals surface area contributed by atoms with Crippen molar-refractivity contribution in [3.63, 3.8) is 0 Å². The number of rotatable bonds is 10. The largest absolute Gasteiger partial charge is 0.384 e. The Bertz CT molecular complexity index is 297. The molecule has 0 amide bonds. The van der Waals surface area contributed by atoms with Crippen molar-refractivity contribution in [1.82, 2.24) is 0 Å². The summed E-state index contributed by atoms with van der Waals surface area (Å²) in [6.07, 6.45) is 22.6. The number of allylic oxidation sites excluding steroid dienone is 3. The first-order valence-corrected chi connectivity index (χ1v) is 9.88. The van der Waals surface area contributed by atoms with Crippen LogP contribution in [0.15, 0.2) is 24.3 Å². The van der Waals surface area contributed by atoms with Crippen LogP contribution in [0.5, 0.6) is 0 Å². The Labute approximate surface area is 154 Å². The van der Waals surface area contributed by atoms with Gasteiger partial charge in [0.15, 0.2) is 0 Å². The van der Waals surface area contributed by atoms with Crippen molar-refractivity contribution < 1.29 is 4.74 Å². The quantitative estimate of drug-likeness (QED) is 0.367. The Balaban J connectivity index is 0. The van der Waals surface area contributed by atoms with Gasteiger partial charge in [-0.05, 0) is 44.4 Å². The molecule has 0 aromatic carbocycles. The van der Waals surface area contributed by atoms with Crippen LogP contribution >= 0.6 is 0 Å². The highest BCUT2D eigenvalue weighted by Crippen LogP contribution is 2.41. The standard InChI is InChI=1S/C12H22O.C10H20.CH4/c1-4-6-7-8-10-12(9-5-2)11-13-3;1-3-4-7-10(2)8-5-6-9-10;/h5,7-9,12H,4,6,10-11H2,1-3H3;3-9H2,1-2H3;1H4/b8-7-,9-5-;;. The predicted molar refractivity (Wildman–Crippen MR) is 112 cm³/mol. The van der Waals surface area contributed by atoms with E-state index in [0.29, 0.717) is 5.92 Å². The van der Waals surface area contributed by atoms with E-state index in [2.05, 4.69) is 52.0 Å². The minimum absolute atomic E-state index is 0. The molecule has 0 radical (unpaired) electrons. The molecule has 1 rings (SSSR count). The molecule has 0 aromatic rings. The van der Waals surface area contributed by atoms with Crippen LogP contribution in [-0.2, 0) is 4.74 Å². The van der Waals surface area contributed by atoms with E-state index in [4.69, 9.17) is 4.74 Å². The minimum atomic E-state index is 0. The summed E-state index contributed by atoms with van der Waals surface area (Å²) in [6.45, 7) is 9.83. The van der Waals surface area contributed by atoms with Gasteiger partial charge < -0.3 is 4.74 Å². The molecule has 0 aromatic heterocycles. The topological polar surface area (TPSA) is 9.23 Å². The summed E-state index contributed by atoms with van der Waals surface area (Å²) in [5.74, 6) is 0.545. The molecule has 0 aliphatic heterocycles. The summed E-state index contributed by atoms with van der Waals surface area (Å²) in [7, 11) is 1.76. The van der Waals surface area contributed by atoms with Crippen LogP contribution in [0.3, 0.4) is 0 Å². The summed E-state index contributed by atoms with van der Waals surface area (Å²) in [4.78, 5) is 0. The zero-order valence-electron chi connectivity index (χ0n) is 16.6. The van der Waals surface area contributed by atoms with Crippen molar-refractivity contribution in [2.45, 2.75) is 99.3 Å². The second-order valence-electron chi connectivity index (χ2n) is 7.36. The second-order valence-corrected chi connectivity index (χ2v) is 7.36. The third-order valence-electron chi connectivity index (χ3n) is 4.85. The average molecular weight is 339 g/mol. The number of ether oxygens (including phenoxy) is 1. The van der Waals surface area contributed by atoms with Crippen LogP contribution in [0.1, 0.15) is 99.3 Å². The van der Waals surface area contributed by atoms with Crippen molar-refractivity contribution >= 4 is 0 Å². The zero-order chi connectivity index (χ0) is 17.4. The van der Waals surface area contributed by atoms with Gasteiger partial charge in [-0.2, -0.15) is 0 Å². The molecule has 0 bridgehead atoms. The van der Waals surface area contributed by atoms with Gasteiger partial charge >= 0.3 is 0 Å². The molecule has 1 aliphatic rings. The molecule has 0 N–H and O–H groups in total. The first-order chi connectivity index (χ1) is 11.1. The molecule has 1 nitrogen and oxygen atoms in total. The second kappa shape index (κ2) is 17.3. The van der Waals surface area contributed by atoms with Gasteiger partial charge in [0.1, 0.15) is 0 Å². The van der Waals surface area contributed by atoms with E-state index in [1.807, 2.05) is 0 Å². The lowest BCUT2D eigenvalue weighted by molar-refractivity contribution is 0.171. The molecule has 0 saturated heterocycles. The number of methoxy groups -OCH3 is 1. The fraction of sp³-hybridized carbons (Fsp3) is 0.826. The Kier molecular flexibility index (Phi) is 18.5. The monoisotopic (exact) mass is 338 g/mol. The van der Waals surface area contributed by atoms with E-state index < -0.39 is 0 Å². The van der Waals surface area contributed by atoms with E-state index in [1.165, 1.54) is 57.8 Å². The van der Waals surface area contributed by atoms with Gasteiger partial charge in [0, 0.05) is 13.0 Å². The molecule has 1 heteroatoms. The molecule has 0 heterocycles. The average Bonchev–Trinajstić information content (AvgIpc) is 2.98. The first-order valence-electron chi connectivity index (χ1n) is 9.88. The highest BCUT2D eigenvalue weighted by Gasteiger charge is 2.27. The maximum absolute atomic E-state index is 5.13. The Morgan fingerprint density at radius 1 is 1.08 bits per heavy atom. The van der Waals surface area contributed by atoms with E-state index in [1.54, 1.807) is 7.11 Å². The Hall–Kier alpha value is -0.560. The SMILES string of the molecule is C.C/C=C\C(C/C=C\CCC)COC.CCCCC1(C)CCCC1. The molecule has 1 unspecified atom stereocenters. The van der Waals surface area contributed by atoms with E-state index in [-0.39, 0.29) is 7.43 Å². The fourth-order valence-electron chi connectivity index (χ4n) is 3.33. The number of hydrogen-bond acceptors (Lipinski definition) is 1. The van der Waals surface area contributed by atoms with E-state index in [0.717, 1.165) is 18.4 Å². The lowest BCUT2D eigenvalue weighted by Gasteiger charge is -2.22. The maximum Gasteiger partial charge on any atom is 0.0527 e. The molecule has 1 fully saturated rings. The summed E-state index contributed by atoms with van der Waals surface area (Å²) in [6, 6.07) is 0. The lowest BCUT2D eigenvalue weighted by Crippen LogP contribution is -2.09. The van der Waals surface area contributed by atoms with Gasteiger partial charge in [-0.1, -0.05) is 84.6 Å². The third kappa shape index (κ3) is 13.8. The van der Waals surface area contributed by atoms with E-state index >= 15 is 0 Å². The van der Waals surface area contributed by atoms with Crippen LogP contribution in [0, 0.1) is 11.3 Å². The summed E-state index contributed by atoms with van der Waals surface area (Å²) < 4.78 is 5.13. The third-order valence-corrected chi connectivity index (χ3v) is 4.85. The molecular weight excluding hydrogens is 292 g/mol. The highest BCUT2D eigenvalue weighted by molar-refractivity contribution is 4.92. The van der Waals surface area contributed by atoms with Crippen LogP contribution in [0.25, 0.3) is 0 Å². The first kappa shape index (κ1) is 25.7. The van der Waals surface area contributed by atoms with Crippen molar-refractivity contribution in [2.24, 2.45) is 11.3 Å². The van der Waals surface area contributed by atoms with Gasteiger partial charge in [-0.25, -0.2) is 0 Å². The van der Waals surface area contributed by atoms with Crippen molar-refractivity contribution in [1.29, 1.82) is 0 Å². The smallest absolute Gasteiger partial charge is 0.0527 e. The van der Waals surface area contributed by atoms with Gasteiger partial charge in [0.25, 0.3) is 0 Å². The Morgan fingerprint density at radius 3 is 2.25 bits per heavy atom. The summed E-state index contributed by atoms with van der Waals surface area (Å²) >= 11 is 0. The lowest BCUT2D eigenvalue weighted by atomic mass is 9.83. The normalized spacial score (nSPS) is 17.5. The van der Waals surface area contributed by atoms with Gasteiger partial charge in [0.2, 0.25) is 0 Å². The Morgan fingerprint density at radius 2 is 1.75 bits per heavy atom. The molecule has 1 saturated carbocycles. The fourth-order valence-corrected chi connectivity index (χ4v) is 3.33. The van der Waals surface area contributed by atoms with Gasteiger partial charge in [-0.3, -0.25) is 0 Å². The molecule has 144 valence electrons. The van der Waals surface area contributed by atoms with Crippen LogP contribution < -0.4 is 0 Å². The number of unbranched alkanes of at least 4 members (excludes halogenated alkanes) is 2. The molecule has 1 aliphatic carbocycles. The van der Waals surface area contributed by atoms with Crippen molar-refractivity contribution in [3.8, 4) is 0 Å². The molecule has 1 atom stereocenters. The minimum Gasteiger partial charge on any atom is -0.384 e. The van der Waals surface area contributed by atoms with Gasteiger partial charge in [0.05, 0.1) is 6.61 Å². The molecular formula is C23H46O. The van der Waals surface area contributed by atoms with Crippen LogP contribution in [0.4, 0.5) is 0 Å². The van der Waals surface area contributed by atoms with Crippen molar-refractivity contribution in [2.75, 3.05) is 13.7 Å². The number of hydrogen-bond donors (Lipinski definition) is 0. The molecule has 24 heavy (non-hydrogen) atoms. The van der Waals surface area contributed by atoms with Crippen molar-refractivity contribution in [3.05, 3.63) is 24.3 Å². The maximum atomic E-state index is 5.13.